The summed E-state index contributed by atoms with van der Waals surface area (Å²) in [5.41, 5.74) is 4.42. The van der Waals surface area contributed by atoms with E-state index in [0.29, 0.717) is 16.4 Å². The second-order valence-corrected chi connectivity index (χ2v) is 9.61. The Balaban J connectivity index is 1.35. The number of amides is 2. The lowest BCUT2D eigenvalue weighted by Gasteiger charge is -2.23. The minimum absolute atomic E-state index is 0.0514. The predicted octanol–water partition coefficient (Wildman–Crippen LogP) is 5.82. The standard InChI is InChI=1S/C26H25ClN4O2S/c1-16-8-13-22-23(14-16)34-26(30-22)18-9-11-19(12-10-18)28-25(33)17(2)31(3)15-24(32)29-21-7-5-4-6-20(21)27/h4-14,17H,15H2,1-3H3,(H,28,33)(H,29,32). The minimum atomic E-state index is -0.510. The molecule has 0 aliphatic rings. The number of hydrogen-bond acceptors (Lipinski definition) is 5. The number of aromatic nitrogens is 1. The molecule has 1 unspecified atom stereocenters. The number of hydrogen-bond donors (Lipinski definition) is 2. The van der Waals surface area contributed by atoms with Crippen molar-refractivity contribution in [3.05, 3.63) is 77.3 Å². The molecule has 1 heterocycles. The van der Waals surface area contributed by atoms with E-state index in [1.54, 1.807) is 54.5 Å². The Morgan fingerprint density at radius 2 is 1.79 bits per heavy atom. The Hall–Kier alpha value is -3.26. The number of aryl methyl sites for hydroxylation is 1. The fourth-order valence-electron chi connectivity index (χ4n) is 3.41. The molecule has 0 spiro atoms. The second kappa shape index (κ2) is 10.3. The first-order valence-electron chi connectivity index (χ1n) is 10.8. The fourth-order valence-corrected chi connectivity index (χ4v) is 4.67. The molecule has 4 rings (SSSR count). The van der Waals surface area contributed by atoms with Crippen LogP contribution in [0.5, 0.6) is 0 Å². The van der Waals surface area contributed by atoms with Gasteiger partial charge in [0.2, 0.25) is 11.8 Å². The molecule has 174 valence electrons. The van der Waals surface area contributed by atoms with E-state index in [1.165, 1.54) is 5.56 Å². The summed E-state index contributed by atoms with van der Waals surface area (Å²) in [5.74, 6) is -0.443. The monoisotopic (exact) mass is 492 g/mol. The van der Waals surface area contributed by atoms with Crippen molar-refractivity contribution in [2.75, 3.05) is 24.2 Å². The molecular weight excluding hydrogens is 468 g/mol. The van der Waals surface area contributed by atoms with Gasteiger partial charge in [0.15, 0.2) is 0 Å². The lowest BCUT2D eigenvalue weighted by atomic mass is 10.2. The smallest absolute Gasteiger partial charge is 0.241 e. The molecule has 34 heavy (non-hydrogen) atoms. The van der Waals surface area contributed by atoms with E-state index in [-0.39, 0.29) is 18.4 Å². The van der Waals surface area contributed by atoms with Gasteiger partial charge in [-0.15, -0.1) is 11.3 Å². The molecule has 0 aliphatic carbocycles. The quantitative estimate of drug-likeness (QED) is 0.341. The third kappa shape index (κ3) is 5.62. The maximum Gasteiger partial charge on any atom is 0.241 e. The van der Waals surface area contributed by atoms with Gasteiger partial charge in [0.05, 0.1) is 33.5 Å². The minimum Gasteiger partial charge on any atom is -0.325 e. The van der Waals surface area contributed by atoms with Gasteiger partial charge in [-0.2, -0.15) is 0 Å². The molecule has 0 saturated carbocycles. The number of thiazole rings is 1. The van der Waals surface area contributed by atoms with Crippen LogP contribution in [0, 0.1) is 6.92 Å². The van der Waals surface area contributed by atoms with Crippen LogP contribution in [-0.2, 0) is 9.59 Å². The summed E-state index contributed by atoms with van der Waals surface area (Å²) in [4.78, 5) is 31.5. The van der Waals surface area contributed by atoms with Crippen LogP contribution in [0.2, 0.25) is 5.02 Å². The highest BCUT2D eigenvalue weighted by molar-refractivity contribution is 7.21. The second-order valence-electron chi connectivity index (χ2n) is 8.18. The predicted molar refractivity (Wildman–Crippen MR) is 141 cm³/mol. The van der Waals surface area contributed by atoms with Crippen molar-refractivity contribution >= 4 is 56.3 Å². The van der Waals surface area contributed by atoms with Gasteiger partial charge in [-0.3, -0.25) is 14.5 Å². The average molecular weight is 493 g/mol. The Labute approximate surface area is 207 Å². The van der Waals surface area contributed by atoms with Crippen LogP contribution in [0.4, 0.5) is 11.4 Å². The van der Waals surface area contributed by atoms with Crippen molar-refractivity contribution in [1.29, 1.82) is 0 Å². The molecule has 0 bridgehead atoms. The molecule has 0 saturated heterocycles. The highest BCUT2D eigenvalue weighted by Gasteiger charge is 2.20. The van der Waals surface area contributed by atoms with Crippen LogP contribution in [-0.4, -0.2) is 41.3 Å². The van der Waals surface area contributed by atoms with Crippen molar-refractivity contribution in [3.8, 4) is 10.6 Å². The number of nitrogens with zero attached hydrogens (tertiary/aromatic N) is 2. The van der Waals surface area contributed by atoms with Gasteiger partial charge < -0.3 is 10.6 Å². The van der Waals surface area contributed by atoms with E-state index in [4.69, 9.17) is 16.6 Å². The van der Waals surface area contributed by atoms with Crippen LogP contribution >= 0.6 is 22.9 Å². The Bertz CT molecular complexity index is 1340. The zero-order chi connectivity index (χ0) is 24.2. The van der Waals surface area contributed by atoms with Gasteiger partial charge in [-0.25, -0.2) is 4.98 Å². The lowest BCUT2D eigenvalue weighted by molar-refractivity contribution is -0.122. The number of fused-ring (bicyclic) bond motifs is 1. The molecular formula is C26H25ClN4O2S. The molecule has 3 aromatic carbocycles. The maximum absolute atomic E-state index is 12.7. The summed E-state index contributed by atoms with van der Waals surface area (Å²) in [6.45, 7) is 3.88. The SMILES string of the molecule is Cc1ccc2nc(-c3ccc(NC(=O)C(C)N(C)CC(=O)Nc4ccccc4Cl)cc3)sc2c1. The number of benzene rings is 3. The Morgan fingerprint density at radius 3 is 2.53 bits per heavy atom. The van der Waals surface area contributed by atoms with Crippen molar-refractivity contribution in [3.63, 3.8) is 0 Å². The fraction of sp³-hybridized carbons (Fsp3) is 0.192. The molecule has 2 N–H and O–H groups in total. The third-order valence-corrected chi connectivity index (χ3v) is 6.92. The van der Waals surface area contributed by atoms with Gasteiger partial charge in [0, 0.05) is 11.3 Å². The normalized spacial score (nSPS) is 12.0. The molecule has 1 atom stereocenters. The molecule has 0 aliphatic heterocycles. The Kier molecular flexibility index (Phi) is 7.26. The lowest BCUT2D eigenvalue weighted by Crippen LogP contribution is -2.43. The van der Waals surface area contributed by atoms with Crippen LogP contribution in [0.25, 0.3) is 20.8 Å². The van der Waals surface area contributed by atoms with E-state index in [2.05, 4.69) is 29.7 Å². The van der Waals surface area contributed by atoms with E-state index in [1.807, 2.05) is 30.3 Å². The topological polar surface area (TPSA) is 74.3 Å². The number of carbonyl (C=O) groups excluding carboxylic acids is 2. The summed E-state index contributed by atoms with van der Waals surface area (Å²) in [5, 5.41) is 7.09. The number of nitrogens with one attached hydrogen (secondary N) is 2. The van der Waals surface area contributed by atoms with Gasteiger partial charge in [0.1, 0.15) is 5.01 Å². The van der Waals surface area contributed by atoms with Crippen LogP contribution in [0.15, 0.2) is 66.7 Å². The zero-order valence-electron chi connectivity index (χ0n) is 19.1. The van der Waals surface area contributed by atoms with E-state index >= 15 is 0 Å². The maximum atomic E-state index is 12.7. The number of anilines is 2. The first-order valence-corrected chi connectivity index (χ1v) is 12.0. The summed E-state index contributed by atoms with van der Waals surface area (Å²) in [7, 11) is 1.73. The van der Waals surface area contributed by atoms with Gasteiger partial charge in [-0.1, -0.05) is 29.8 Å². The summed E-state index contributed by atoms with van der Waals surface area (Å²) in [6, 6.07) is 20.4. The van der Waals surface area contributed by atoms with Gasteiger partial charge in [0.25, 0.3) is 0 Å². The number of rotatable bonds is 7. The molecule has 4 aromatic rings. The van der Waals surface area contributed by atoms with E-state index in [0.717, 1.165) is 20.8 Å². The van der Waals surface area contributed by atoms with E-state index in [9.17, 15) is 9.59 Å². The van der Waals surface area contributed by atoms with Gasteiger partial charge in [-0.05, 0) is 75.0 Å². The summed E-state index contributed by atoms with van der Waals surface area (Å²) < 4.78 is 1.16. The van der Waals surface area contributed by atoms with E-state index < -0.39 is 6.04 Å². The zero-order valence-corrected chi connectivity index (χ0v) is 20.7. The number of para-hydroxylation sites is 1. The number of likely N-dealkylation sites (N-methyl/N-ethyl adjacent to an activating group) is 1. The first kappa shape index (κ1) is 23.9. The average Bonchev–Trinajstić information content (AvgIpc) is 3.23. The number of carbonyl (C=O) groups is 2. The third-order valence-electron chi connectivity index (χ3n) is 5.52. The van der Waals surface area contributed by atoms with Crippen molar-refractivity contribution < 1.29 is 9.59 Å². The van der Waals surface area contributed by atoms with Gasteiger partial charge >= 0.3 is 0 Å². The molecule has 8 heteroatoms. The summed E-state index contributed by atoms with van der Waals surface area (Å²) in [6.07, 6.45) is 0. The Morgan fingerprint density at radius 1 is 1.06 bits per heavy atom. The largest absolute Gasteiger partial charge is 0.325 e. The molecule has 0 fully saturated rings. The number of halogens is 1. The van der Waals surface area contributed by atoms with Crippen molar-refractivity contribution in [1.82, 2.24) is 9.88 Å². The highest BCUT2D eigenvalue weighted by atomic mass is 35.5. The van der Waals surface area contributed by atoms with Crippen molar-refractivity contribution in [2.24, 2.45) is 0 Å². The summed E-state index contributed by atoms with van der Waals surface area (Å²) >= 11 is 7.74. The van der Waals surface area contributed by atoms with Crippen LogP contribution in [0.1, 0.15) is 12.5 Å². The highest BCUT2D eigenvalue weighted by Crippen LogP contribution is 2.31. The molecule has 1 aromatic heterocycles. The molecule has 6 nitrogen and oxygen atoms in total. The molecule has 2 amide bonds. The van der Waals surface area contributed by atoms with Crippen LogP contribution < -0.4 is 10.6 Å². The van der Waals surface area contributed by atoms with Crippen LogP contribution in [0.3, 0.4) is 0 Å². The van der Waals surface area contributed by atoms with Crippen molar-refractivity contribution in [2.45, 2.75) is 19.9 Å². The molecule has 0 radical (unpaired) electrons. The first-order chi connectivity index (χ1) is 16.3.